The van der Waals surface area contributed by atoms with Crippen LogP contribution in [0, 0.1) is 0 Å². The molecule has 0 saturated carbocycles. The minimum absolute atomic E-state index is 0.0139. The van der Waals surface area contributed by atoms with Crippen LogP contribution in [0.3, 0.4) is 0 Å². The van der Waals surface area contributed by atoms with Crippen LogP contribution in [0.5, 0.6) is 0 Å². The van der Waals surface area contributed by atoms with Gasteiger partial charge in [0, 0.05) is 49.9 Å². The van der Waals surface area contributed by atoms with Gasteiger partial charge < -0.3 is 15.1 Å². The van der Waals surface area contributed by atoms with Gasteiger partial charge in [0.25, 0.3) is 0 Å². The minimum atomic E-state index is 0.0139. The smallest absolute Gasteiger partial charge is 0.238 e. The Morgan fingerprint density at radius 3 is 2.64 bits per heavy atom. The Kier molecular flexibility index (Phi) is 6.37. The van der Waals surface area contributed by atoms with Gasteiger partial charge in [-0.25, -0.2) is 9.97 Å². The summed E-state index contributed by atoms with van der Waals surface area (Å²) in [6.45, 7) is 5.49. The fourth-order valence-electron chi connectivity index (χ4n) is 4.72. The van der Waals surface area contributed by atoms with Crippen molar-refractivity contribution in [1.29, 1.82) is 0 Å². The summed E-state index contributed by atoms with van der Waals surface area (Å²) in [6, 6.07) is 14.4. The molecule has 3 aromatic rings. The van der Waals surface area contributed by atoms with Gasteiger partial charge in [0.2, 0.25) is 5.91 Å². The molecule has 2 saturated heterocycles. The van der Waals surface area contributed by atoms with Gasteiger partial charge in [-0.3, -0.25) is 14.3 Å². The van der Waals surface area contributed by atoms with E-state index in [-0.39, 0.29) is 11.9 Å². The Labute approximate surface area is 194 Å². The molecule has 2 aliphatic heterocycles. The van der Waals surface area contributed by atoms with Crippen LogP contribution in [-0.4, -0.2) is 76.6 Å². The molecule has 1 atom stereocenters. The third-order valence-electron chi connectivity index (χ3n) is 6.60. The van der Waals surface area contributed by atoms with Gasteiger partial charge in [-0.2, -0.15) is 0 Å². The van der Waals surface area contributed by atoms with Gasteiger partial charge >= 0.3 is 0 Å². The molecule has 1 amide bonds. The number of pyridine rings is 1. The molecule has 1 unspecified atom stereocenters. The molecule has 8 heteroatoms. The molecule has 1 aromatic carbocycles. The van der Waals surface area contributed by atoms with Crippen molar-refractivity contribution in [2.45, 2.75) is 18.9 Å². The first-order valence-corrected chi connectivity index (χ1v) is 11.7. The largest absolute Gasteiger partial charge is 0.369 e. The molecule has 0 spiro atoms. The molecule has 8 nitrogen and oxygen atoms in total. The maximum absolute atomic E-state index is 12.8. The number of nitrogens with one attached hydrogen (secondary N) is 1. The lowest BCUT2D eigenvalue weighted by atomic mass is 10.1. The van der Waals surface area contributed by atoms with Crippen molar-refractivity contribution in [3.63, 3.8) is 0 Å². The maximum atomic E-state index is 12.8. The Bertz CT molecular complexity index is 1060. The molecule has 172 valence electrons. The molecule has 1 N–H and O–H groups in total. The molecular formula is C25H31N7O. The van der Waals surface area contributed by atoms with E-state index in [0.29, 0.717) is 6.54 Å². The molecule has 2 aliphatic rings. The van der Waals surface area contributed by atoms with Gasteiger partial charge in [-0.15, -0.1) is 0 Å². The number of amides is 1. The summed E-state index contributed by atoms with van der Waals surface area (Å²) in [5.74, 6) is 0.863. The van der Waals surface area contributed by atoms with Gasteiger partial charge in [0.15, 0.2) is 0 Å². The van der Waals surface area contributed by atoms with Gasteiger partial charge in [-0.05, 0) is 62.8 Å². The zero-order valence-electron chi connectivity index (χ0n) is 19.1. The number of piperazine rings is 1. The Morgan fingerprint density at radius 2 is 1.88 bits per heavy atom. The quantitative estimate of drug-likeness (QED) is 0.629. The second-order valence-electron chi connectivity index (χ2n) is 8.90. The van der Waals surface area contributed by atoms with Gasteiger partial charge in [0.1, 0.15) is 12.1 Å². The predicted molar refractivity (Wildman–Crippen MR) is 130 cm³/mol. The summed E-state index contributed by atoms with van der Waals surface area (Å²) in [6.07, 6.45) is 7.46. The first-order valence-electron chi connectivity index (χ1n) is 11.7. The molecule has 4 heterocycles. The van der Waals surface area contributed by atoms with E-state index >= 15 is 0 Å². The number of likely N-dealkylation sites (N-methyl/N-ethyl adjacent to an activating group) is 1. The second kappa shape index (κ2) is 9.72. The highest BCUT2D eigenvalue weighted by Gasteiger charge is 2.29. The van der Waals surface area contributed by atoms with E-state index in [9.17, 15) is 4.79 Å². The standard InChI is InChI=1S/C25H31N7O/c1-29-14-16-30(17-15-29)21-9-7-20(8-10-21)27-25(33)18-31-12-3-5-23(31)22-4-2-6-24(28-22)32-13-11-26-19-32/h2,4,6-11,13,19,23H,3,5,12,14-18H2,1H3,(H,27,33). The van der Waals surface area contributed by atoms with Crippen LogP contribution >= 0.6 is 0 Å². The van der Waals surface area contributed by atoms with E-state index in [0.717, 1.165) is 62.8 Å². The van der Waals surface area contributed by atoms with E-state index in [1.54, 1.807) is 12.5 Å². The van der Waals surface area contributed by atoms with Crippen molar-refractivity contribution in [3.8, 4) is 5.82 Å². The summed E-state index contributed by atoms with van der Waals surface area (Å²) < 4.78 is 1.90. The van der Waals surface area contributed by atoms with Crippen molar-refractivity contribution in [3.05, 3.63) is 66.9 Å². The Hall–Kier alpha value is -3.23. The third-order valence-corrected chi connectivity index (χ3v) is 6.60. The summed E-state index contributed by atoms with van der Waals surface area (Å²) in [5, 5.41) is 3.07. The number of aromatic nitrogens is 3. The molecule has 2 fully saturated rings. The number of anilines is 2. The van der Waals surface area contributed by atoms with Crippen LogP contribution < -0.4 is 10.2 Å². The number of hydrogen-bond donors (Lipinski definition) is 1. The van der Waals surface area contributed by atoms with E-state index in [1.165, 1.54) is 5.69 Å². The van der Waals surface area contributed by atoms with Gasteiger partial charge in [0.05, 0.1) is 18.3 Å². The first-order chi connectivity index (χ1) is 16.2. The van der Waals surface area contributed by atoms with Crippen LogP contribution in [0.2, 0.25) is 0 Å². The SMILES string of the molecule is CN1CCN(c2ccc(NC(=O)CN3CCCC3c3cccc(-n4ccnc4)n3)cc2)CC1. The topological polar surface area (TPSA) is 69.5 Å². The monoisotopic (exact) mass is 445 g/mol. The molecule has 33 heavy (non-hydrogen) atoms. The number of imidazole rings is 1. The van der Waals surface area contributed by atoms with Gasteiger partial charge in [-0.1, -0.05) is 6.07 Å². The predicted octanol–water partition coefficient (Wildman–Crippen LogP) is 2.79. The second-order valence-corrected chi connectivity index (χ2v) is 8.90. The molecule has 0 radical (unpaired) electrons. The number of likely N-dealkylation sites (tertiary alicyclic amines) is 1. The van der Waals surface area contributed by atoms with Crippen molar-refractivity contribution >= 4 is 17.3 Å². The van der Waals surface area contributed by atoms with Crippen molar-refractivity contribution in [1.82, 2.24) is 24.3 Å². The first kappa shape index (κ1) is 21.6. The lowest BCUT2D eigenvalue weighted by molar-refractivity contribution is -0.117. The van der Waals surface area contributed by atoms with Crippen LogP contribution in [0.4, 0.5) is 11.4 Å². The number of hydrogen-bond acceptors (Lipinski definition) is 6. The highest BCUT2D eigenvalue weighted by molar-refractivity contribution is 5.92. The highest BCUT2D eigenvalue weighted by atomic mass is 16.2. The molecule has 0 aliphatic carbocycles. The zero-order chi connectivity index (χ0) is 22.6. The van der Waals surface area contributed by atoms with Crippen molar-refractivity contribution in [2.75, 3.05) is 56.5 Å². The molecule has 5 rings (SSSR count). The summed E-state index contributed by atoms with van der Waals surface area (Å²) in [7, 11) is 2.16. The van der Waals surface area contributed by atoms with Crippen LogP contribution in [0.1, 0.15) is 24.6 Å². The summed E-state index contributed by atoms with van der Waals surface area (Å²) in [4.78, 5) is 28.7. The number of nitrogens with zero attached hydrogens (tertiary/aromatic N) is 6. The number of benzene rings is 1. The third kappa shape index (κ3) is 5.07. The summed E-state index contributed by atoms with van der Waals surface area (Å²) in [5.41, 5.74) is 3.06. The fourth-order valence-corrected chi connectivity index (χ4v) is 4.72. The fraction of sp³-hybridized carbons (Fsp3) is 0.400. The maximum Gasteiger partial charge on any atom is 0.238 e. The lowest BCUT2D eigenvalue weighted by Crippen LogP contribution is -2.44. The normalized spacial score (nSPS) is 19.7. The number of carbonyl (C=O) groups is 1. The van der Waals surface area contributed by atoms with Crippen molar-refractivity contribution in [2.24, 2.45) is 0 Å². The number of rotatable bonds is 6. The average Bonchev–Trinajstić information content (AvgIpc) is 3.53. The average molecular weight is 446 g/mol. The van der Waals surface area contributed by atoms with Crippen LogP contribution in [-0.2, 0) is 4.79 Å². The molecular weight excluding hydrogens is 414 g/mol. The summed E-state index contributed by atoms with van der Waals surface area (Å²) >= 11 is 0. The molecule has 2 aromatic heterocycles. The highest BCUT2D eigenvalue weighted by Crippen LogP contribution is 2.31. The Balaban J connectivity index is 1.20. The Morgan fingerprint density at radius 1 is 1.06 bits per heavy atom. The molecule has 0 bridgehead atoms. The number of carbonyl (C=O) groups excluding carboxylic acids is 1. The zero-order valence-corrected chi connectivity index (χ0v) is 19.1. The van der Waals surface area contributed by atoms with Crippen LogP contribution in [0.25, 0.3) is 5.82 Å². The van der Waals surface area contributed by atoms with E-state index in [2.05, 4.69) is 50.2 Å². The van der Waals surface area contributed by atoms with E-state index in [4.69, 9.17) is 4.98 Å². The van der Waals surface area contributed by atoms with Crippen LogP contribution in [0.15, 0.2) is 61.2 Å². The van der Waals surface area contributed by atoms with E-state index in [1.807, 2.05) is 35.0 Å². The van der Waals surface area contributed by atoms with E-state index < -0.39 is 0 Å². The van der Waals surface area contributed by atoms with Crippen molar-refractivity contribution < 1.29 is 4.79 Å². The lowest BCUT2D eigenvalue weighted by Gasteiger charge is -2.34. The minimum Gasteiger partial charge on any atom is -0.369 e.